The standard InChI is InChI=1S/C13H16Cl2N4O5/c1-16(2)13(20)9-3-4-10(18(21)22)12(11(9)19(23)24)17(7-5-14)8-6-15/h3-4H,5-8H2,1-2H3. The molecule has 0 bridgehead atoms. The molecule has 0 unspecified atom stereocenters. The van der Waals surface area contributed by atoms with Crippen molar-refractivity contribution in [3.05, 3.63) is 37.9 Å². The molecule has 0 N–H and O–H groups in total. The Morgan fingerprint density at radius 2 is 1.62 bits per heavy atom. The van der Waals surface area contributed by atoms with Crippen molar-refractivity contribution < 1.29 is 14.6 Å². The van der Waals surface area contributed by atoms with Crippen LogP contribution in [0.25, 0.3) is 0 Å². The van der Waals surface area contributed by atoms with Gasteiger partial charge in [-0.15, -0.1) is 23.2 Å². The third-order valence-electron chi connectivity index (χ3n) is 3.17. The quantitative estimate of drug-likeness (QED) is 0.390. The van der Waals surface area contributed by atoms with E-state index in [2.05, 4.69) is 0 Å². The van der Waals surface area contributed by atoms with E-state index in [1.807, 2.05) is 0 Å². The lowest BCUT2D eigenvalue weighted by molar-refractivity contribution is -0.392. The maximum absolute atomic E-state index is 12.2. The first-order chi connectivity index (χ1) is 11.3. The topological polar surface area (TPSA) is 110 Å². The predicted octanol–water partition coefficient (Wildman–Crippen LogP) is 2.49. The summed E-state index contributed by atoms with van der Waals surface area (Å²) in [4.78, 5) is 36.1. The van der Waals surface area contributed by atoms with Crippen LogP contribution in [0.15, 0.2) is 12.1 Å². The summed E-state index contributed by atoms with van der Waals surface area (Å²) in [7, 11) is 2.87. The number of carbonyl (C=O) groups is 1. The Balaban J connectivity index is 3.77. The zero-order chi connectivity index (χ0) is 18.4. The zero-order valence-corrected chi connectivity index (χ0v) is 14.6. The van der Waals surface area contributed by atoms with Crippen molar-refractivity contribution in [2.24, 2.45) is 0 Å². The first kappa shape index (κ1) is 19.9. The van der Waals surface area contributed by atoms with Gasteiger partial charge in [0.25, 0.3) is 11.6 Å². The summed E-state index contributed by atoms with van der Waals surface area (Å²) < 4.78 is 0. The molecule has 0 heterocycles. The molecule has 1 aromatic rings. The van der Waals surface area contributed by atoms with Crippen molar-refractivity contribution in [3.63, 3.8) is 0 Å². The van der Waals surface area contributed by atoms with Gasteiger partial charge in [-0.3, -0.25) is 25.0 Å². The van der Waals surface area contributed by atoms with Gasteiger partial charge < -0.3 is 9.80 Å². The van der Waals surface area contributed by atoms with Crippen LogP contribution in [0.5, 0.6) is 0 Å². The highest BCUT2D eigenvalue weighted by molar-refractivity contribution is 6.18. The van der Waals surface area contributed by atoms with Crippen LogP contribution >= 0.6 is 23.2 Å². The third kappa shape index (κ3) is 4.24. The van der Waals surface area contributed by atoms with E-state index >= 15 is 0 Å². The fraction of sp³-hybridized carbons (Fsp3) is 0.462. The van der Waals surface area contributed by atoms with Gasteiger partial charge in [-0.05, 0) is 6.07 Å². The van der Waals surface area contributed by atoms with Crippen LogP contribution in [0.4, 0.5) is 17.1 Å². The van der Waals surface area contributed by atoms with Crippen LogP contribution in [0.2, 0.25) is 0 Å². The number of hydrogen-bond acceptors (Lipinski definition) is 6. The Hall–Kier alpha value is -2.13. The predicted molar refractivity (Wildman–Crippen MR) is 91.4 cm³/mol. The van der Waals surface area contributed by atoms with E-state index in [1.165, 1.54) is 19.0 Å². The maximum Gasteiger partial charge on any atom is 0.312 e. The molecule has 132 valence electrons. The van der Waals surface area contributed by atoms with Crippen LogP contribution in [-0.4, -0.2) is 59.6 Å². The van der Waals surface area contributed by atoms with Crippen molar-refractivity contribution in [1.29, 1.82) is 0 Å². The average molecular weight is 379 g/mol. The van der Waals surface area contributed by atoms with Crippen LogP contribution in [0, 0.1) is 20.2 Å². The van der Waals surface area contributed by atoms with Crippen molar-refractivity contribution in [2.75, 3.05) is 43.8 Å². The molecule has 0 atom stereocenters. The first-order valence-corrected chi connectivity index (χ1v) is 7.87. The Kier molecular flexibility index (Phi) is 7.18. The minimum atomic E-state index is -0.797. The Bertz CT molecular complexity index is 647. The summed E-state index contributed by atoms with van der Waals surface area (Å²) in [5.41, 5.74) is -1.61. The number of hydrogen-bond donors (Lipinski definition) is 0. The van der Waals surface area contributed by atoms with Gasteiger partial charge in [-0.2, -0.15) is 0 Å². The highest BCUT2D eigenvalue weighted by Gasteiger charge is 2.35. The molecule has 1 amide bonds. The number of carbonyl (C=O) groups excluding carboxylic acids is 1. The van der Waals surface area contributed by atoms with E-state index in [4.69, 9.17) is 23.2 Å². The number of rotatable bonds is 8. The molecule has 0 aromatic heterocycles. The number of anilines is 1. The molecule has 0 saturated heterocycles. The number of nitrogens with zero attached hydrogens (tertiary/aromatic N) is 4. The van der Waals surface area contributed by atoms with E-state index in [9.17, 15) is 25.0 Å². The average Bonchev–Trinajstić information content (AvgIpc) is 2.52. The number of halogens is 2. The lowest BCUT2D eigenvalue weighted by Crippen LogP contribution is -2.30. The Labute approximate surface area is 148 Å². The molecule has 0 spiro atoms. The second kappa shape index (κ2) is 8.65. The van der Waals surface area contributed by atoms with Crippen LogP contribution in [-0.2, 0) is 0 Å². The summed E-state index contributed by atoms with van der Waals surface area (Å²) in [6, 6.07) is 2.16. The fourth-order valence-electron chi connectivity index (χ4n) is 2.17. The molecule has 0 aliphatic carbocycles. The van der Waals surface area contributed by atoms with Crippen molar-refractivity contribution in [2.45, 2.75) is 0 Å². The van der Waals surface area contributed by atoms with Gasteiger partial charge in [0.05, 0.1) is 9.85 Å². The molecule has 24 heavy (non-hydrogen) atoms. The van der Waals surface area contributed by atoms with Gasteiger partial charge in [0, 0.05) is 45.0 Å². The van der Waals surface area contributed by atoms with Crippen molar-refractivity contribution in [1.82, 2.24) is 4.90 Å². The highest BCUT2D eigenvalue weighted by atomic mass is 35.5. The van der Waals surface area contributed by atoms with Gasteiger partial charge in [0.2, 0.25) is 0 Å². The van der Waals surface area contributed by atoms with Crippen molar-refractivity contribution in [3.8, 4) is 0 Å². The van der Waals surface area contributed by atoms with Gasteiger partial charge in [-0.1, -0.05) is 0 Å². The molecule has 0 aliphatic heterocycles. The molecule has 0 saturated carbocycles. The van der Waals surface area contributed by atoms with Crippen molar-refractivity contribution >= 4 is 46.2 Å². The molecule has 0 fully saturated rings. The minimum Gasteiger partial charge on any atom is -0.358 e. The SMILES string of the molecule is CN(C)C(=O)c1ccc([N+](=O)[O-])c(N(CCCl)CCCl)c1[N+](=O)[O-]. The Morgan fingerprint density at radius 3 is 2.00 bits per heavy atom. The van der Waals surface area contributed by atoms with E-state index in [1.54, 1.807) is 0 Å². The summed E-state index contributed by atoms with van der Waals surface area (Å²) in [5.74, 6) is -0.469. The summed E-state index contributed by atoms with van der Waals surface area (Å²) >= 11 is 11.4. The molecular weight excluding hydrogens is 363 g/mol. The number of benzene rings is 1. The van der Waals surface area contributed by atoms with E-state index in [0.717, 1.165) is 17.0 Å². The number of nitro groups is 2. The van der Waals surface area contributed by atoms with Gasteiger partial charge in [-0.25, -0.2) is 0 Å². The van der Waals surface area contributed by atoms with E-state index in [-0.39, 0.29) is 36.1 Å². The molecule has 0 radical (unpaired) electrons. The molecule has 1 aromatic carbocycles. The van der Waals surface area contributed by atoms with Crippen LogP contribution < -0.4 is 4.90 Å². The lowest BCUT2D eigenvalue weighted by atomic mass is 10.1. The van der Waals surface area contributed by atoms with E-state index in [0.29, 0.717) is 0 Å². The second-order valence-corrected chi connectivity index (χ2v) is 5.66. The van der Waals surface area contributed by atoms with Gasteiger partial charge >= 0.3 is 5.69 Å². The zero-order valence-electron chi connectivity index (χ0n) is 13.1. The molecule has 1 rings (SSSR count). The molecule has 11 heteroatoms. The number of alkyl halides is 2. The summed E-state index contributed by atoms with van der Waals surface area (Å²) in [6.07, 6.45) is 0. The highest BCUT2D eigenvalue weighted by Crippen LogP contribution is 2.40. The monoisotopic (exact) mass is 378 g/mol. The largest absolute Gasteiger partial charge is 0.358 e. The third-order valence-corrected chi connectivity index (χ3v) is 3.51. The normalized spacial score (nSPS) is 10.3. The molecule has 0 aliphatic rings. The van der Waals surface area contributed by atoms with Crippen LogP contribution in [0.1, 0.15) is 10.4 Å². The molecular formula is C13H16Cl2N4O5. The number of amides is 1. The molecule has 9 nitrogen and oxygen atoms in total. The van der Waals surface area contributed by atoms with Gasteiger partial charge in [0.1, 0.15) is 5.56 Å². The van der Waals surface area contributed by atoms with Gasteiger partial charge in [0.15, 0.2) is 5.69 Å². The fourth-order valence-corrected chi connectivity index (χ4v) is 2.57. The van der Waals surface area contributed by atoms with E-state index < -0.39 is 27.1 Å². The Morgan fingerprint density at radius 1 is 1.08 bits per heavy atom. The smallest absolute Gasteiger partial charge is 0.312 e. The minimum absolute atomic E-state index is 0.0804. The lowest BCUT2D eigenvalue weighted by Gasteiger charge is -2.23. The number of nitro benzene ring substituents is 2. The van der Waals surface area contributed by atoms with Crippen LogP contribution in [0.3, 0.4) is 0 Å². The summed E-state index contributed by atoms with van der Waals surface area (Å²) in [6.45, 7) is 0.213. The maximum atomic E-state index is 12.2. The first-order valence-electron chi connectivity index (χ1n) is 6.80. The summed E-state index contributed by atoms with van der Waals surface area (Å²) in [5, 5.41) is 22.9. The second-order valence-electron chi connectivity index (χ2n) is 4.91.